The van der Waals surface area contributed by atoms with Gasteiger partial charge in [0.1, 0.15) is 0 Å². The fourth-order valence-electron chi connectivity index (χ4n) is 0. The van der Waals surface area contributed by atoms with E-state index in [0.717, 1.165) is 0 Å². The largest absolute Gasteiger partial charge is 1.00 e. The molecule has 0 heterocycles. The molecular weight excluding hydrogens is 1630 g/mol. The van der Waals surface area contributed by atoms with Gasteiger partial charge in [0.05, 0.1) is 0 Å². The number of hydrogen-bond donors (Lipinski definition) is 0. The Kier molecular flexibility index (Phi) is 14400000000000. The molecule has 0 unspecified atom stereocenters. The Bertz CT molecular complexity index is 24.2. The predicted octanol–water partition coefficient (Wildman–Crippen LogP) is -88.6. The van der Waals surface area contributed by atoms with Gasteiger partial charge in [0, 0.05) is 0 Å². The SMILES string of the molecule is O.O.O.O.O.O.O.O.O.O.O.O.O.O.O.O.O.O.O.O.O.O.O.O.O.O.O.O.O.O.O.O.O.O.O.O.O.O.O.O.O.O.O.O.O.O.O.O.O.O.O.O.O.O.O.O.O.O.O.O.O.O.O.O.O.O.O.O.O.O.O.O.O.O.O.O.O.O.O.O.O.O.O.O.O.O.O.O.O.O.O.O.[Na+].[Na+].[Na+].[Na+].[OH-].[OH-].[OH-].[OH-]. The van der Waals surface area contributed by atoms with E-state index in [-0.39, 0.29) is 644 Å². The van der Waals surface area contributed by atoms with Crippen LogP contribution in [0.5, 0.6) is 0 Å². The average Bonchev–Trinajstić information content (AvgIpc) is 0. The molecule has 0 bridgehead atoms. The van der Waals surface area contributed by atoms with Crippen LogP contribution in [0.4, 0.5) is 0 Å². The summed E-state index contributed by atoms with van der Waals surface area (Å²) in [6.45, 7) is 0. The molecule has 96 nitrogen and oxygen atoms in total. The van der Waals surface area contributed by atoms with Crippen LogP contribution in [-0.2, 0) is 0 Å². The van der Waals surface area contributed by atoms with Crippen LogP contribution in [0.3, 0.4) is 0 Å². The molecule has 0 aromatic rings. The van der Waals surface area contributed by atoms with Gasteiger partial charge in [-0.1, -0.05) is 0 Å². The molecule has 768 valence electrons. The van der Waals surface area contributed by atoms with Gasteiger partial charge in [0.25, 0.3) is 0 Å². The Hall–Kier alpha value is 0.160. The molecule has 0 aromatic heterocycles. The normalized spacial score (nSPS) is 0. The summed E-state index contributed by atoms with van der Waals surface area (Å²) in [5.74, 6) is 0. The van der Waals surface area contributed by atoms with Crippen LogP contribution < -0.4 is 118 Å². The van der Waals surface area contributed by atoms with Gasteiger partial charge in [-0.25, -0.2) is 0 Å². The van der Waals surface area contributed by atoms with Gasteiger partial charge in [0.2, 0.25) is 0 Å². The summed E-state index contributed by atoms with van der Waals surface area (Å²) in [7, 11) is 0. The standard InChI is InChI=1S/4Na.96H2O/h;;;;96*1H2/q4*+1;;;;;;;;;;;;;;;;;;;;;;;;;;;;;;;;;;;;;;;;;;;;;;;;;;;;;;;;;;;;;;;;;;;;;;;;;;;;;;;;;;;;;;;;;;;;;;;;/p-4. The van der Waals surface area contributed by atoms with Gasteiger partial charge in [-0.15, -0.1) is 0 Å². The van der Waals surface area contributed by atoms with Crippen molar-refractivity contribution >= 4 is 0 Å². The molecule has 100 heteroatoms. The van der Waals surface area contributed by atoms with Crippen LogP contribution >= 0.6 is 0 Å². The van der Waals surface area contributed by atoms with Crippen LogP contribution in [-0.4, -0.2) is 526 Å². The molecule has 0 fully saturated rings. The molecule has 0 spiro atoms. The van der Waals surface area contributed by atoms with Gasteiger partial charge in [-0.05, 0) is 0 Å². The van der Waals surface area contributed by atoms with Crippen LogP contribution in [0.1, 0.15) is 0 Å². The fraction of sp³-hybridized carbons (Fsp3) is 0. The Labute approximate surface area is 641 Å². The van der Waals surface area contributed by atoms with Gasteiger partial charge in [-0.2, -0.15) is 0 Å². The van der Waals surface area contributed by atoms with E-state index >= 15 is 0 Å². The molecule has 0 saturated heterocycles. The van der Waals surface area contributed by atoms with Crippen LogP contribution in [0, 0.1) is 0 Å². The van der Waals surface area contributed by atoms with Crippen molar-refractivity contribution in [2.24, 2.45) is 0 Å². The summed E-state index contributed by atoms with van der Waals surface area (Å²) in [5, 5.41) is 0. The summed E-state index contributed by atoms with van der Waals surface area (Å²) < 4.78 is 0. The first kappa shape index (κ1) is 38500000. The van der Waals surface area contributed by atoms with E-state index in [1.54, 1.807) is 0 Å². The smallest absolute Gasteiger partial charge is 0.870 e. The third-order valence-electron chi connectivity index (χ3n) is 0. The second kappa shape index (κ2) is 37300000. The Balaban J connectivity index is 0. The van der Waals surface area contributed by atoms with E-state index in [1.807, 2.05) is 0 Å². The summed E-state index contributed by atoms with van der Waals surface area (Å²) in [6.07, 6.45) is 0. The molecule has 0 saturated carbocycles. The van der Waals surface area contributed by atoms with Crippen molar-refractivity contribution in [3.05, 3.63) is 0 Å². The van der Waals surface area contributed by atoms with Crippen molar-refractivity contribution < 1.29 is 644 Å². The first-order valence-corrected chi connectivity index (χ1v) is 0. The minimum atomic E-state index is 0. The van der Waals surface area contributed by atoms with Crippen molar-refractivity contribution in [2.45, 2.75) is 0 Å². The summed E-state index contributed by atoms with van der Waals surface area (Å²) in [4.78, 5) is 0. The van der Waals surface area contributed by atoms with Crippen molar-refractivity contribution in [3.63, 3.8) is 0 Å². The van der Waals surface area contributed by atoms with Crippen LogP contribution in [0.25, 0.3) is 0 Å². The van der Waals surface area contributed by atoms with E-state index < -0.39 is 0 Å². The van der Waals surface area contributed by atoms with Crippen molar-refractivity contribution in [3.8, 4) is 0 Å². The molecule has 0 amide bonds. The molecule has 0 aliphatic carbocycles. The van der Waals surface area contributed by atoms with E-state index in [0.29, 0.717) is 0 Å². The fourth-order valence-corrected chi connectivity index (χ4v) is 0. The average molecular weight is 1820 g/mol. The van der Waals surface area contributed by atoms with Crippen LogP contribution in [0.15, 0.2) is 0 Å². The van der Waals surface area contributed by atoms with Crippen molar-refractivity contribution in [2.75, 3.05) is 0 Å². The Morgan fingerprint density at radius 1 is 0.0300 bits per heavy atom. The molecule has 0 aliphatic heterocycles. The van der Waals surface area contributed by atoms with E-state index in [1.165, 1.54) is 0 Å². The molecule has 100 heavy (non-hydrogen) atoms. The number of rotatable bonds is 0. The van der Waals surface area contributed by atoms with E-state index in [4.69, 9.17) is 0 Å². The molecule has 188 N–H and O–H groups in total. The quantitative estimate of drug-likeness (QED) is 0.213. The Morgan fingerprint density at radius 2 is 0.0300 bits per heavy atom. The molecule has 0 radical (unpaired) electrons. The zero-order chi connectivity index (χ0) is 0. The van der Waals surface area contributed by atoms with Crippen molar-refractivity contribution in [1.82, 2.24) is 0 Å². The van der Waals surface area contributed by atoms with Gasteiger partial charge < -0.3 is 526 Å². The zero-order valence-electron chi connectivity index (χ0n) is 51.8. The first-order valence-electron chi connectivity index (χ1n) is 0. The summed E-state index contributed by atoms with van der Waals surface area (Å²) >= 11 is 0. The summed E-state index contributed by atoms with van der Waals surface area (Å²) in [5.41, 5.74) is 0. The Morgan fingerprint density at radius 3 is 0.0300 bits per heavy atom. The summed E-state index contributed by atoms with van der Waals surface area (Å²) in [6, 6.07) is 0. The van der Waals surface area contributed by atoms with Gasteiger partial charge in [-0.3, -0.25) is 0 Å². The molecule has 0 aliphatic rings. The second-order valence-corrected chi connectivity index (χ2v) is 0. The minimum Gasteiger partial charge on any atom is -0.870 e. The second-order valence-electron chi connectivity index (χ2n) is 0. The third-order valence-corrected chi connectivity index (χ3v) is 0. The maximum atomic E-state index is 0. The monoisotopic (exact) mass is 1820 g/mol. The molecule has 0 aromatic carbocycles. The van der Waals surface area contributed by atoms with Crippen LogP contribution in [0.2, 0.25) is 0 Å². The van der Waals surface area contributed by atoms with E-state index in [9.17, 15) is 0 Å². The molecule has 0 rings (SSSR count). The first-order chi connectivity index (χ1) is 0. The topological polar surface area (TPSA) is 3020 Å². The predicted molar refractivity (Wildman–Crippen MR) is 340 cm³/mol. The maximum absolute atomic E-state index is 0. The number of hydrogen-bond acceptors (Lipinski definition) is 4. The third kappa shape index (κ3) is 36200000. The zero-order valence-corrected chi connectivity index (χ0v) is 59.8. The molecule has 0 atom stereocenters. The van der Waals surface area contributed by atoms with E-state index in [2.05, 4.69) is 0 Å². The molecular formula is H188Na4O96. The minimum absolute atomic E-state index is 0. The maximum Gasteiger partial charge on any atom is 1.00 e. The van der Waals surface area contributed by atoms with Crippen molar-refractivity contribution in [1.29, 1.82) is 0 Å². The van der Waals surface area contributed by atoms with Gasteiger partial charge >= 0.3 is 118 Å². The van der Waals surface area contributed by atoms with Gasteiger partial charge in [0.15, 0.2) is 0 Å².